The molecule has 0 bridgehead atoms. The quantitative estimate of drug-likeness (QED) is 0.191. The third kappa shape index (κ3) is 8.24. The Morgan fingerprint density at radius 2 is 1.55 bits per heavy atom. The Bertz CT molecular complexity index is 1690. The molecule has 4 aromatic carbocycles. The SMILES string of the molecule is CCCNC(=O)C(Cc1ccccc1)N(Cc1cccc(C)c1)C(=O)CN(c1ccc(F)c(Cl)c1)S(=O)(=O)c1ccccc1. The first kappa shape index (κ1) is 32.7. The van der Waals surface area contributed by atoms with Crippen molar-refractivity contribution in [2.45, 2.75) is 44.2 Å². The average Bonchev–Trinajstić information content (AvgIpc) is 3.02. The van der Waals surface area contributed by atoms with Crippen LogP contribution in [0.3, 0.4) is 0 Å². The second kappa shape index (κ2) is 15.0. The first-order valence-electron chi connectivity index (χ1n) is 14.3. The van der Waals surface area contributed by atoms with Gasteiger partial charge in [0.2, 0.25) is 11.8 Å². The fourth-order valence-electron chi connectivity index (χ4n) is 4.82. The van der Waals surface area contributed by atoms with Crippen LogP contribution in [0.5, 0.6) is 0 Å². The topological polar surface area (TPSA) is 86.8 Å². The summed E-state index contributed by atoms with van der Waals surface area (Å²) in [5.41, 5.74) is 2.60. The summed E-state index contributed by atoms with van der Waals surface area (Å²) in [6, 6.07) is 27.1. The Hall–Kier alpha value is -4.21. The van der Waals surface area contributed by atoms with E-state index in [1.165, 1.54) is 29.2 Å². The molecule has 4 aromatic rings. The predicted octanol–water partition coefficient (Wildman–Crippen LogP) is 6.15. The minimum absolute atomic E-state index is 0.0131. The Balaban J connectivity index is 1.81. The lowest BCUT2D eigenvalue weighted by Gasteiger charge is -2.34. The highest BCUT2D eigenvalue weighted by molar-refractivity contribution is 7.92. The van der Waals surface area contributed by atoms with E-state index in [-0.39, 0.29) is 34.5 Å². The molecule has 0 aromatic heterocycles. The van der Waals surface area contributed by atoms with E-state index in [1.54, 1.807) is 18.2 Å². The molecule has 1 N–H and O–H groups in total. The molecule has 0 aliphatic carbocycles. The second-order valence-corrected chi connectivity index (χ2v) is 12.7. The summed E-state index contributed by atoms with van der Waals surface area (Å²) >= 11 is 6.06. The van der Waals surface area contributed by atoms with Crippen molar-refractivity contribution < 1.29 is 22.4 Å². The highest BCUT2D eigenvalue weighted by atomic mass is 35.5. The van der Waals surface area contributed by atoms with Gasteiger partial charge in [-0.1, -0.05) is 96.9 Å². The highest BCUT2D eigenvalue weighted by Crippen LogP contribution is 2.28. The van der Waals surface area contributed by atoms with Crippen LogP contribution in [-0.2, 0) is 32.6 Å². The zero-order valence-corrected chi connectivity index (χ0v) is 26.2. The highest BCUT2D eigenvalue weighted by Gasteiger charge is 2.34. The number of aryl methyl sites for hydroxylation is 1. The molecule has 7 nitrogen and oxygen atoms in total. The van der Waals surface area contributed by atoms with Crippen molar-refractivity contribution in [3.05, 3.63) is 131 Å². The van der Waals surface area contributed by atoms with Gasteiger partial charge >= 0.3 is 0 Å². The second-order valence-electron chi connectivity index (χ2n) is 10.4. The number of hydrogen-bond acceptors (Lipinski definition) is 4. The molecule has 44 heavy (non-hydrogen) atoms. The monoisotopic (exact) mass is 635 g/mol. The number of hydrogen-bond donors (Lipinski definition) is 1. The van der Waals surface area contributed by atoms with Gasteiger partial charge in [-0.25, -0.2) is 12.8 Å². The average molecular weight is 636 g/mol. The lowest BCUT2D eigenvalue weighted by Crippen LogP contribution is -2.53. The van der Waals surface area contributed by atoms with Crippen LogP contribution >= 0.6 is 11.6 Å². The smallest absolute Gasteiger partial charge is 0.264 e. The summed E-state index contributed by atoms with van der Waals surface area (Å²) in [5.74, 6) is -1.69. The van der Waals surface area contributed by atoms with Crippen molar-refractivity contribution in [3.63, 3.8) is 0 Å². The van der Waals surface area contributed by atoms with Gasteiger partial charge in [0.25, 0.3) is 10.0 Å². The fourth-order valence-corrected chi connectivity index (χ4v) is 6.42. The van der Waals surface area contributed by atoms with Gasteiger partial charge in [-0.3, -0.25) is 13.9 Å². The van der Waals surface area contributed by atoms with Crippen LogP contribution < -0.4 is 9.62 Å². The van der Waals surface area contributed by atoms with E-state index in [1.807, 2.05) is 68.4 Å². The number of rotatable bonds is 13. The van der Waals surface area contributed by atoms with Gasteiger partial charge in [0.1, 0.15) is 18.4 Å². The summed E-state index contributed by atoms with van der Waals surface area (Å²) in [6.07, 6.45) is 0.909. The van der Waals surface area contributed by atoms with Crippen LogP contribution in [-0.4, -0.2) is 44.3 Å². The molecule has 1 unspecified atom stereocenters. The summed E-state index contributed by atoms with van der Waals surface area (Å²) in [6.45, 7) is 3.68. The van der Waals surface area contributed by atoms with Crippen molar-refractivity contribution >= 4 is 39.1 Å². The Morgan fingerprint density at radius 3 is 2.18 bits per heavy atom. The molecule has 0 saturated carbocycles. The Labute approximate surface area is 263 Å². The van der Waals surface area contributed by atoms with Gasteiger partial charge in [-0.2, -0.15) is 0 Å². The third-order valence-corrected chi connectivity index (χ3v) is 9.13. The van der Waals surface area contributed by atoms with Crippen LogP contribution in [0.2, 0.25) is 5.02 Å². The van der Waals surface area contributed by atoms with Crippen LogP contribution in [0.4, 0.5) is 10.1 Å². The molecule has 0 aliphatic rings. The molecule has 0 spiro atoms. The molecule has 1 atom stereocenters. The molecule has 0 radical (unpaired) electrons. The van der Waals surface area contributed by atoms with Crippen molar-refractivity contribution in [1.29, 1.82) is 0 Å². The minimum atomic E-state index is -4.31. The molecule has 0 fully saturated rings. The van der Waals surface area contributed by atoms with Gasteiger partial charge in [0.05, 0.1) is 15.6 Å². The van der Waals surface area contributed by atoms with Gasteiger partial charge < -0.3 is 10.2 Å². The van der Waals surface area contributed by atoms with E-state index in [4.69, 9.17) is 11.6 Å². The van der Waals surface area contributed by atoms with Gasteiger partial charge in [0, 0.05) is 19.5 Å². The maximum Gasteiger partial charge on any atom is 0.264 e. The molecule has 10 heteroatoms. The molecule has 0 saturated heterocycles. The van der Waals surface area contributed by atoms with E-state index in [0.717, 1.165) is 27.1 Å². The maximum absolute atomic E-state index is 14.4. The van der Waals surface area contributed by atoms with Gasteiger partial charge in [-0.05, 0) is 54.8 Å². The van der Waals surface area contributed by atoms with E-state index in [2.05, 4.69) is 5.32 Å². The zero-order valence-electron chi connectivity index (χ0n) is 24.6. The number of carbonyl (C=O) groups excluding carboxylic acids is 2. The van der Waals surface area contributed by atoms with Crippen LogP contribution in [0.1, 0.15) is 30.0 Å². The molecule has 2 amide bonds. The van der Waals surface area contributed by atoms with Crippen molar-refractivity contribution in [2.75, 3.05) is 17.4 Å². The Morgan fingerprint density at radius 1 is 0.886 bits per heavy atom. The van der Waals surface area contributed by atoms with Crippen LogP contribution in [0.25, 0.3) is 0 Å². The van der Waals surface area contributed by atoms with E-state index in [0.29, 0.717) is 13.0 Å². The number of nitrogens with one attached hydrogen (secondary N) is 1. The number of anilines is 1. The van der Waals surface area contributed by atoms with Gasteiger partial charge in [-0.15, -0.1) is 0 Å². The first-order valence-corrected chi connectivity index (χ1v) is 16.1. The van der Waals surface area contributed by atoms with Crippen LogP contribution in [0.15, 0.2) is 108 Å². The largest absolute Gasteiger partial charge is 0.354 e. The number of benzene rings is 4. The normalized spacial score (nSPS) is 11.9. The summed E-state index contributed by atoms with van der Waals surface area (Å²) in [4.78, 5) is 29.4. The van der Waals surface area contributed by atoms with E-state index >= 15 is 0 Å². The lowest BCUT2D eigenvalue weighted by atomic mass is 10.0. The molecule has 230 valence electrons. The van der Waals surface area contributed by atoms with Crippen molar-refractivity contribution in [1.82, 2.24) is 10.2 Å². The fraction of sp³-hybridized carbons (Fsp3) is 0.235. The molecular formula is C34H35ClFN3O4S. The van der Waals surface area contributed by atoms with Crippen molar-refractivity contribution in [2.24, 2.45) is 0 Å². The first-order chi connectivity index (χ1) is 21.1. The number of carbonyl (C=O) groups is 2. The molecule has 0 heterocycles. The molecule has 4 rings (SSSR count). The lowest BCUT2D eigenvalue weighted by molar-refractivity contribution is -0.140. The zero-order chi connectivity index (χ0) is 31.7. The third-order valence-electron chi connectivity index (χ3n) is 7.06. The summed E-state index contributed by atoms with van der Waals surface area (Å²) in [7, 11) is -4.31. The summed E-state index contributed by atoms with van der Waals surface area (Å²) in [5, 5.41) is 2.63. The number of nitrogens with zero attached hydrogens (tertiary/aromatic N) is 2. The number of halogens is 2. The van der Waals surface area contributed by atoms with E-state index in [9.17, 15) is 22.4 Å². The molecular weight excluding hydrogens is 601 g/mol. The number of amides is 2. The summed E-state index contributed by atoms with van der Waals surface area (Å²) < 4.78 is 43.0. The van der Waals surface area contributed by atoms with Crippen LogP contribution in [0, 0.1) is 12.7 Å². The van der Waals surface area contributed by atoms with Gasteiger partial charge in [0.15, 0.2) is 0 Å². The Kier molecular flexibility index (Phi) is 11.1. The standard InChI is InChI=1S/C34H35ClFN3O4S/c1-3-19-37-34(41)32(21-26-12-6-4-7-13-26)38(23-27-14-10-11-25(2)20-27)33(40)24-39(28-17-18-31(36)30(35)22-28)44(42,43)29-15-8-5-9-16-29/h4-18,20,22,32H,3,19,21,23-24H2,1-2H3,(H,37,41). The molecule has 0 aliphatic heterocycles. The number of sulfonamides is 1. The van der Waals surface area contributed by atoms with Crippen molar-refractivity contribution in [3.8, 4) is 0 Å². The van der Waals surface area contributed by atoms with E-state index < -0.39 is 34.3 Å². The maximum atomic E-state index is 14.4. The minimum Gasteiger partial charge on any atom is -0.354 e. The predicted molar refractivity (Wildman–Crippen MR) is 171 cm³/mol.